The number of likely N-dealkylation sites (N-methyl/N-ethyl adjacent to an activating group) is 1. The molecule has 0 saturated carbocycles. The van der Waals surface area contributed by atoms with Crippen LogP contribution in [-0.2, 0) is 0 Å². The van der Waals surface area contributed by atoms with Crippen LogP contribution in [0.3, 0.4) is 0 Å². The molecule has 2 N–H and O–H groups in total. The summed E-state index contributed by atoms with van der Waals surface area (Å²) in [4.78, 5) is 16.9. The topological polar surface area (TPSA) is 64.0 Å². The van der Waals surface area contributed by atoms with Gasteiger partial charge in [-0.05, 0) is 50.2 Å². The Bertz CT molecular complexity index is 773. The van der Waals surface area contributed by atoms with Gasteiger partial charge >= 0.3 is 0 Å². The van der Waals surface area contributed by atoms with E-state index in [1.165, 1.54) is 0 Å². The molecule has 2 aromatic carbocycles. The van der Waals surface area contributed by atoms with E-state index in [1.54, 1.807) is 6.07 Å². The number of aromatic hydroxyl groups is 1. The number of rotatable bonds is 4. The maximum atomic E-state index is 12.8. The van der Waals surface area contributed by atoms with Crippen LogP contribution in [0.5, 0.6) is 5.75 Å². The molecular formula is C21H26N2O3. The zero-order valence-corrected chi connectivity index (χ0v) is 15.4. The number of aliphatic hydroxyl groups is 1. The number of phenols is 1. The summed E-state index contributed by atoms with van der Waals surface area (Å²) in [6.07, 6.45) is 0.672. The third-order valence-electron chi connectivity index (χ3n) is 5.12. The number of amides is 1. The molecule has 0 unspecified atom stereocenters. The molecule has 1 fully saturated rings. The van der Waals surface area contributed by atoms with Gasteiger partial charge in [-0.1, -0.05) is 23.8 Å². The second-order valence-corrected chi connectivity index (χ2v) is 7.00. The Kier molecular flexibility index (Phi) is 5.59. The fourth-order valence-electron chi connectivity index (χ4n) is 3.45. The van der Waals surface area contributed by atoms with Crippen LogP contribution in [0, 0.1) is 6.92 Å². The molecular weight excluding hydrogens is 328 g/mol. The van der Waals surface area contributed by atoms with Gasteiger partial charge in [-0.25, -0.2) is 0 Å². The number of nitrogens with zero attached hydrogens (tertiary/aromatic N) is 2. The van der Waals surface area contributed by atoms with Crippen molar-refractivity contribution in [1.82, 2.24) is 9.80 Å². The van der Waals surface area contributed by atoms with Crippen molar-refractivity contribution in [2.24, 2.45) is 0 Å². The van der Waals surface area contributed by atoms with Gasteiger partial charge in [0.2, 0.25) is 0 Å². The molecule has 0 aromatic heterocycles. The molecule has 1 amide bonds. The van der Waals surface area contributed by atoms with Crippen molar-refractivity contribution in [3.63, 3.8) is 0 Å². The molecule has 0 radical (unpaired) electrons. The van der Waals surface area contributed by atoms with E-state index in [1.807, 2.05) is 55.3 Å². The van der Waals surface area contributed by atoms with Crippen LogP contribution in [0.15, 0.2) is 42.5 Å². The molecule has 5 heteroatoms. The summed E-state index contributed by atoms with van der Waals surface area (Å²) in [6.45, 7) is 4.25. The quantitative estimate of drug-likeness (QED) is 0.886. The van der Waals surface area contributed by atoms with Gasteiger partial charge in [0.1, 0.15) is 5.75 Å². The van der Waals surface area contributed by atoms with Gasteiger partial charge < -0.3 is 15.1 Å². The average molecular weight is 354 g/mol. The normalized spacial score (nSPS) is 18.1. The Labute approximate surface area is 154 Å². The lowest BCUT2D eigenvalue weighted by molar-refractivity contribution is 0.0500. The fraction of sp³-hybridized carbons (Fsp3) is 0.381. The van der Waals surface area contributed by atoms with E-state index >= 15 is 0 Å². The number of carbonyl (C=O) groups excluding carboxylic acids is 1. The average Bonchev–Trinajstić information content (AvgIpc) is 2.65. The number of aliphatic hydroxyl groups excluding tert-OH is 1. The van der Waals surface area contributed by atoms with Crippen LogP contribution in [0.1, 0.15) is 22.3 Å². The number of aryl methyl sites for hydroxylation is 1. The van der Waals surface area contributed by atoms with Crippen LogP contribution in [0.4, 0.5) is 0 Å². The van der Waals surface area contributed by atoms with E-state index in [9.17, 15) is 15.0 Å². The highest BCUT2D eigenvalue weighted by molar-refractivity contribution is 5.95. The van der Waals surface area contributed by atoms with Crippen molar-refractivity contribution in [2.75, 3.05) is 33.3 Å². The standard InChI is InChI=1S/C21H26N2O3/c1-15-3-8-20(25)19(13-15)16-4-6-17(7-5-16)21(26)23-11-10-22(2)18(14-23)9-12-24/h3-8,13,18,24-25H,9-12,14H2,1-2H3/t18-/m1/s1. The number of carbonyl (C=O) groups is 1. The molecule has 1 heterocycles. The van der Waals surface area contributed by atoms with E-state index in [0.717, 1.165) is 23.2 Å². The van der Waals surface area contributed by atoms with Crippen LogP contribution in [-0.4, -0.2) is 65.3 Å². The highest BCUT2D eigenvalue weighted by atomic mass is 16.3. The molecule has 1 aliphatic rings. The van der Waals surface area contributed by atoms with Crippen molar-refractivity contribution >= 4 is 5.91 Å². The lowest BCUT2D eigenvalue weighted by Gasteiger charge is -2.39. The zero-order valence-electron chi connectivity index (χ0n) is 15.4. The minimum atomic E-state index is 0.0149. The monoisotopic (exact) mass is 354 g/mol. The number of piperazine rings is 1. The molecule has 0 spiro atoms. The van der Waals surface area contributed by atoms with Crippen molar-refractivity contribution < 1.29 is 15.0 Å². The smallest absolute Gasteiger partial charge is 0.253 e. The molecule has 26 heavy (non-hydrogen) atoms. The SMILES string of the molecule is Cc1ccc(O)c(-c2ccc(C(=O)N3CCN(C)[C@H](CCO)C3)cc2)c1. The van der Waals surface area contributed by atoms with E-state index in [-0.39, 0.29) is 24.3 Å². The number of hydrogen-bond acceptors (Lipinski definition) is 4. The van der Waals surface area contributed by atoms with Gasteiger partial charge in [0.25, 0.3) is 5.91 Å². The lowest BCUT2D eigenvalue weighted by Crippen LogP contribution is -2.53. The number of benzene rings is 2. The van der Waals surface area contributed by atoms with Gasteiger partial charge in [-0.3, -0.25) is 9.69 Å². The molecule has 5 nitrogen and oxygen atoms in total. The van der Waals surface area contributed by atoms with Crippen molar-refractivity contribution in [1.29, 1.82) is 0 Å². The molecule has 0 bridgehead atoms. The summed E-state index contributed by atoms with van der Waals surface area (Å²) in [5.41, 5.74) is 3.38. The summed E-state index contributed by atoms with van der Waals surface area (Å²) < 4.78 is 0. The zero-order chi connectivity index (χ0) is 18.7. The number of phenolic OH excluding ortho intramolecular Hbond substituents is 1. The van der Waals surface area contributed by atoms with Crippen LogP contribution in [0.2, 0.25) is 0 Å². The highest BCUT2D eigenvalue weighted by Crippen LogP contribution is 2.30. The molecule has 1 saturated heterocycles. The predicted molar refractivity (Wildman–Crippen MR) is 102 cm³/mol. The Morgan fingerprint density at radius 2 is 1.88 bits per heavy atom. The summed E-state index contributed by atoms with van der Waals surface area (Å²) >= 11 is 0. The largest absolute Gasteiger partial charge is 0.507 e. The Hall–Kier alpha value is -2.37. The second-order valence-electron chi connectivity index (χ2n) is 7.00. The Balaban J connectivity index is 1.76. The highest BCUT2D eigenvalue weighted by Gasteiger charge is 2.27. The van der Waals surface area contributed by atoms with Gasteiger partial charge in [-0.2, -0.15) is 0 Å². The van der Waals surface area contributed by atoms with Crippen LogP contribution >= 0.6 is 0 Å². The molecule has 138 valence electrons. The van der Waals surface area contributed by atoms with E-state index < -0.39 is 0 Å². The third kappa shape index (κ3) is 3.89. The van der Waals surface area contributed by atoms with E-state index in [0.29, 0.717) is 25.1 Å². The van der Waals surface area contributed by atoms with E-state index in [2.05, 4.69) is 4.90 Å². The molecule has 3 rings (SSSR count). The first-order chi connectivity index (χ1) is 12.5. The maximum Gasteiger partial charge on any atom is 0.253 e. The van der Waals surface area contributed by atoms with Crippen molar-refractivity contribution in [3.8, 4) is 16.9 Å². The first kappa shape index (κ1) is 18.4. The van der Waals surface area contributed by atoms with Gasteiger partial charge in [0.15, 0.2) is 0 Å². The summed E-state index contributed by atoms with van der Waals surface area (Å²) in [5.74, 6) is 0.252. The molecule has 2 aromatic rings. The fourth-order valence-corrected chi connectivity index (χ4v) is 3.45. The van der Waals surface area contributed by atoms with Gasteiger partial charge in [0, 0.05) is 43.4 Å². The summed E-state index contributed by atoms with van der Waals surface area (Å²) in [6, 6.07) is 13.1. The first-order valence-electron chi connectivity index (χ1n) is 9.00. The molecule has 0 aliphatic carbocycles. The van der Waals surface area contributed by atoms with Gasteiger partial charge in [-0.15, -0.1) is 0 Å². The predicted octanol–water partition coefficient (Wildman–Crippen LogP) is 2.51. The van der Waals surface area contributed by atoms with Crippen molar-refractivity contribution in [2.45, 2.75) is 19.4 Å². The third-order valence-corrected chi connectivity index (χ3v) is 5.12. The van der Waals surface area contributed by atoms with E-state index in [4.69, 9.17) is 0 Å². The van der Waals surface area contributed by atoms with Crippen molar-refractivity contribution in [3.05, 3.63) is 53.6 Å². The van der Waals surface area contributed by atoms with Gasteiger partial charge in [0.05, 0.1) is 0 Å². The minimum absolute atomic E-state index is 0.0149. The first-order valence-corrected chi connectivity index (χ1v) is 9.00. The molecule has 1 atom stereocenters. The van der Waals surface area contributed by atoms with Crippen LogP contribution < -0.4 is 0 Å². The number of hydrogen-bond donors (Lipinski definition) is 2. The lowest BCUT2D eigenvalue weighted by atomic mass is 10.0. The second kappa shape index (κ2) is 7.89. The summed E-state index contributed by atoms with van der Waals surface area (Å²) in [5, 5.41) is 19.3. The van der Waals surface area contributed by atoms with Crippen LogP contribution in [0.25, 0.3) is 11.1 Å². The molecule has 1 aliphatic heterocycles. The summed E-state index contributed by atoms with van der Waals surface area (Å²) in [7, 11) is 2.03. The Morgan fingerprint density at radius 3 is 2.58 bits per heavy atom. The maximum absolute atomic E-state index is 12.8. The Morgan fingerprint density at radius 1 is 1.15 bits per heavy atom. The minimum Gasteiger partial charge on any atom is -0.507 e.